The van der Waals surface area contributed by atoms with Gasteiger partial charge in [0.25, 0.3) is 0 Å². The van der Waals surface area contributed by atoms with Crippen molar-refractivity contribution in [3.63, 3.8) is 0 Å². The summed E-state index contributed by atoms with van der Waals surface area (Å²) in [5, 5.41) is 0. The molecule has 0 aromatic rings. The van der Waals surface area contributed by atoms with Gasteiger partial charge in [-0.1, -0.05) is 53.5 Å². The van der Waals surface area contributed by atoms with Crippen molar-refractivity contribution in [1.82, 2.24) is 0 Å². The topological polar surface area (TPSA) is 65.1 Å². The Morgan fingerprint density at radius 2 is 1.29 bits per heavy atom. The van der Waals surface area contributed by atoms with Crippen LogP contribution in [0.3, 0.4) is 0 Å². The number of Topliss-reactive ketones (excluding diaryl/α,β-unsaturated/α-hetero) is 1. The van der Waals surface area contributed by atoms with E-state index in [1.807, 2.05) is 26.8 Å². The number of epoxide rings is 1. The smallest absolute Gasteiger partial charge is 0.319 e. The number of hydrogen-bond donors (Lipinski definition) is 0. The predicted octanol–water partition coefficient (Wildman–Crippen LogP) is 6.21. The van der Waals surface area contributed by atoms with Gasteiger partial charge in [-0.3, -0.25) is 9.59 Å². The van der Waals surface area contributed by atoms with Gasteiger partial charge in [-0.2, -0.15) is 0 Å². The highest BCUT2D eigenvalue weighted by Gasteiger charge is 2.71. The fourth-order valence-corrected chi connectivity index (χ4v) is 5.68. The number of carbonyl (C=O) groups excluding carboxylic acids is 2. The minimum absolute atomic E-state index is 0.0717. The van der Waals surface area contributed by atoms with Crippen molar-refractivity contribution in [3.05, 3.63) is 58.2 Å². The molecule has 0 aliphatic carbocycles. The quantitative estimate of drug-likeness (QED) is 0.195. The van der Waals surface area contributed by atoms with E-state index in [0.29, 0.717) is 0 Å². The van der Waals surface area contributed by atoms with Crippen LogP contribution in [0.5, 0.6) is 0 Å². The van der Waals surface area contributed by atoms with Gasteiger partial charge in [0.2, 0.25) is 0 Å². The number of fused-ring (bicyclic) bond motifs is 1. The van der Waals surface area contributed by atoms with Crippen molar-refractivity contribution in [3.8, 4) is 0 Å². The third-order valence-electron chi connectivity index (χ3n) is 7.61. The highest BCUT2D eigenvalue weighted by molar-refractivity contribution is 6.06. The van der Waals surface area contributed by atoms with Gasteiger partial charge in [0.15, 0.2) is 5.78 Å². The Bertz CT molecular complexity index is 1070. The molecule has 3 saturated heterocycles. The van der Waals surface area contributed by atoms with Gasteiger partial charge in [-0.25, -0.2) is 0 Å². The zero-order chi connectivity index (χ0) is 26.5. The second kappa shape index (κ2) is 9.33. The Morgan fingerprint density at radius 3 is 1.77 bits per heavy atom. The highest BCUT2D eigenvalue weighted by atomic mass is 16.7. The number of ether oxygens (including phenoxy) is 3. The van der Waals surface area contributed by atoms with Gasteiger partial charge in [0.05, 0.1) is 12.0 Å². The van der Waals surface area contributed by atoms with E-state index in [1.165, 1.54) is 0 Å². The van der Waals surface area contributed by atoms with Crippen LogP contribution >= 0.6 is 0 Å². The minimum atomic E-state index is -1.08. The molecule has 35 heavy (non-hydrogen) atoms. The lowest BCUT2D eigenvalue weighted by Crippen LogP contribution is -2.50. The molecule has 0 amide bonds. The van der Waals surface area contributed by atoms with Crippen molar-refractivity contribution in [2.24, 2.45) is 11.3 Å². The molecule has 3 heterocycles. The number of ketones is 1. The summed E-state index contributed by atoms with van der Waals surface area (Å²) >= 11 is 0. The van der Waals surface area contributed by atoms with Crippen LogP contribution < -0.4 is 0 Å². The number of hydrogen-bond acceptors (Lipinski definition) is 5. The summed E-state index contributed by atoms with van der Waals surface area (Å²) in [4.78, 5) is 25.0. The van der Waals surface area contributed by atoms with Gasteiger partial charge in [-0.15, -0.1) is 0 Å². The normalized spacial score (nSPS) is 38.4. The predicted molar refractivity (Wildman–Crippen MR) is 139 cm³/mol. The average molecular weight is 483 g/mol. The molecule has 0 spiro atoms. The van der Waals surface area contributed by atoms with E-state index in [1.54, 1.807) is 13.8 Å². The Kier molecular flexibility index (Phi) is 7.29. The molecule has 3 aliphatic heterocycles. The van der Waals surface area contributed by atoms with E-state index in [9.17, 15) is 9.59 Å². The third kappa shape index (κ3) is 5.31. The van der Waals surface area contributed by atoms with Gasteiger partial charge in [0.1, 0.15) is 28.8 Å². The van der Waals surface area contributed by atoms with Crippen molar-refractivity contribution in [1.29, 1.82) is 0 Å². The molecule has 6 atom stereocenters. The molecule has 0 bridgehead atoms. The molecule has 5 heteroatoms. The summed E-state index contributed by atoms with van der Waals surface area (Å²) in [6.07, 6.45) is 10.2. The van der Waals surface area contributed by atoms with Crippen LogP contribution in [0.25, 0.3) is 0 Å². The fourth-order valence-electron chi connectivity index (χ4n) is 5.68. The van der Waals surface area contributed by atoms with E-state index in [-0.39, 0.29) is 29.5 Å². The molecular weight excluding hydrogens is 440 g/mol. The SMILES string of the molecule is CC(=C\C(C)=C\C(C)=C\[C@]1(C)O[C@H](C)[C@@]2(C)O[C@H]21)/C=C(C)/C=C(\C)[C@@H]1OC(=O)C(C)(C)C(=O)[C@H]1C. The van der Waals surface area contributed by atoms with E-state index in [4.69, 9.17) is 14.2 Å². The van der Waals surface area contributed by atoms with Crippen LogP contribution in [-0.4, -0.2) is 41.3 Å². The second-order valence-corrected chi connectivity index (χ2v) is 11.7. The minimum Gasteiger partial charge on any atom is -0.456 e. The molecule has 5 nitrogen and oxygen atoms in total. The van der Waals surface area contributed by atoms with Gasteiger partial charge in [0, 0.05) is 0 Å². The molecule has 0 N–H and O–H groups in total. The van der Waals surface area contributed by atoms with Crippen LogP contribution in [-0.2, 0) is 23.8 Å². The first-order valence-corrected chi connectivity index (χ1v) is 12.5. The van der Waals surface area contributed by atoms with E-state index < -0.39 is 23.1 Å². The molecule has 0 radical (unpaired) electrons. The maximum absolute atomic E-state index is 12.6. The number of cyclic esters (lactones) is 1. The number of carbonyl (C=O) groups is 2. The van der Waals surface area contributed by atoms with Crippen molar-refractivity contribution in [2.75, 3.05) is 0 Å². The lowest BCUT2D eigenvalue weighted by atomic mass is 9.76. The summed E-state index contributed by atoms with van der Waals surface area (Å²) in [5.41, 5.74) is 3.64. The maximum Gasteiger partial charge on any atom is 0.319 e. The molecule has 0 saturated carbocycles. The van der Waals surface area contributed by atoms with Gasteiger partial charge in [-0.05, 0) is 80.9 Å². The second-order valence-electron chi connectivity index (χ2n) is 11.7. The summed E-state index contributed by atoms with van der Waals surface area (Å²) in [5.74, 6) is -0.891. The number of rotatable bonds is 6. The van der Waals surface area contributed by atoms with Crippen LogP contribution in [0, 0.1) is 11.3 Å². The molecule has 0 aromatic carbocycles. The molecule has 0 aromatic heterocycles. The molecule has 0 unspecified atom stereocenters. The molecule has 192 valence electrons. The van der Waals surface area contributed by atoms with Crippen molar-refractivity contribution < 1.29 is 23.8 Å². The van der Waals surface area contributed by atoms with Gasteiger partial charge < -0.3 is 14.2 Å². The Hall–Kier alpha value is -2.24. The number of allylic oxidation sites excluding steroid dienone is 8. The summed E-state index contributed by atoms with van der Waals surface area (Å²) in [6.45, 7) is 21.5. The zero-order valence-corrected chi connectivity index (χ0v) is 23.2. The average Bonchev–Trinajstić information content (AvgIpc) is 3.38. The maximum atomic E-state index is 12.6. The largest absolute Gasteiger partial charge is 0.456 e. The van der Waals surface area contributed by atoms with Crippen molar-refractivity contribution >= 4 is 11.8 Å². The van der Waals surface area contributed by atoms with Crippen LogP contribution in [0.15, 0.2) is 58.2 Å². The fraction of sp³-hybridized carbons (Fsp3) is 0.600. The molecular formula is C30H42O5. The summed E-state index contributed by atoms with van der Waals surface area (Å²) in [6, 6.07) is 0. The standard InChI is InChI=1S/C30H42O5/c1-17(12-18(2)14-20(4)16-29(10)26-30(11,35-26)23(7)34-29)13-19(3)15-21(5)24-22(6)25(31)28(8,9)27(32)33-24/h12-16,22-24,26H,1-11H3/b17-12+,18-14+,19-13+,20-16+,21-15+/t22-,23+,24-,26-,29-,30+/m0/s1. The van der Waals surface area contributed by atoms with Crippen molar-refractivity contribution in [2.45, 2.75) is 106 Å². The lowest BCUT2D eigenvalue weighted by molar-refractivity contribution is -0.174. The summed E-state index contributed by atoms with van der Waals surface area (Å²) < 4.78 is 17.8. The van der Waals surface area contributed by atoms with E-state index in [2.05, 4.69) is 65.8 Å². The van der Waals surface area contributed by atoms with Crippen LogP contribution in [0.4, 0.5) is 0 Å². The van der Waals surface area contributed by atoms with E-state index >= 15 is 0 Å². The highest BCUT2D eigenvalue weighted by Crippen LogP contribution is 2.55. The first-order chi connectivity index (χ1) is 16.0. The van der Waals surface area contributed by atoms with Crippen LogP contribution in [0.1, 0.15) is 76.2 Å². The Balaban J connectivity index is 1.70. The molecule has 3 aliphatic rings. The first kappa shape index (κ1) is 27.3. The molecule has 3 rings (SSSR count). The number of esters is 1. The Morgan fingerprint density at radius 1 is 0.771 bits per heavy atom. The first-order valence-electron chi connectivity index (χ1n) is 12.5. The zero-order valence-electron chi connectivity index (χ0n) is 23.2. The third-order valence-corrected chi connectivity index (χ3v) is 7.61. The lowest BCUT2D eigenvalue weighted by Gasteiger charge is -2.36. The van der Waals surface area contributed by atoms with E-state index in [0.717, 1.165) is 27.9 Å². The molecule has 3 fully saturated rings. The van der Waals surface area contributed by atoms with Crippen LogP contribution in [0.2, 0.25) is 0 Å². The Labute approximate surface area is 211 Å². The monoisotopic (exact) mass is 482 g/mol. The summed E-state index contributed by atoms with van der Waals surface area (Å²) in [7, 11) is 0. The van der Waals surface area contributed by atoms with Gasteiger partial charge >= 0.3 is 5.97 Å².